The number of nitrogens with one attached hydrogen (secondary N) is 2. The van der Waals surface area contributed by atoms with Crippen molar-refractivity contribution >= 4 is 17.5 Å². The molecule has 1 aromatic heterocycles. The Hall–Kier alpha value is -2.03. The predicted octanol–water partition coefficient (Wildman–Crippen LogP) is 1.39. The molecule has 0 aliphatic carbocycles. The molecular weight excluding hydrogens is 359 g/mol. The van der Waals surface area contributed by atoms with Gasteiger partial charge in [0.15, 0.2) is 5.69 Å². The number of hydrogen-bond donors (Lipinski definition) is 2. The van der Waals surface area contributed by atoms with Crippen molar-refractivity contribution in [3.63, 3.8) is 0 Å². The van der Waals surface area contributed by atoms with Crippen molar-refractivity contribution < 1.29 is 9.18 Å². The van der Waals surface area contributed by atoms with Crippen LogP contribution in [0.1, 0.15) is 22.6 Å². The molecule has 2 N–H and O–H groups in total. The third kappa shape index (κ3) is 4.38. The van der Waals surface area contributed by atoms with E-state index < -0.39 is 5.82 Å². The maximum absolute atomic E-state index is 13.3. The van der Waals surface area contributed by atoms with Gasteiger partial charge in [-0.3, -0.25) is 4.79 Å². The van der Waals surface area contributed by atoms with Crippen LogP contribution >= 0.6 is 11.6 Å². The maximum Gasteiger partial charge on any atom is 0.273 e. The molecule has 1 aliphatic heterocycles. The zero-order chi connectivity index (χ0) is 18.5. The lowest BCUT2D eigenvalue weighted by Crippen LogP contribution is -2.44. The maximum atomic E-state index is 13.3. The number of carbonyl (C=O) groups excluding carboxylic acids is 1. The Morgan fingerprint density at radius 1 is 1.38 bits per heavy atom. The molecule has 2 aromatic rings. The Labute approximate surface area is 156 Å². The normalized spacial score (nSPS) is 15.2. The summed E-state index contributed by atoms with van der Waals surface area (Å²) in [6, 6.07) is 4.25. The molecule has 26 heavy (non-hydrogen) atoms. The van der Waals surface area contributed by atoms with Crippen LogP contribution in [0.4, 0.5) is 4.39 Å². The van der Waals surface area contributed by atoms with Crippen molar-refractivity contribution in [3.8, 4) is 5.69 Å². The number of benzene rings is 1. The van der Waals surface area contributed by atoms with Crippen LogP contribution in [0.5, 0.6) is 0 Å². The lowest BCUT2D eigenvalue weighted by Gasteiger charge is -2.26. The van der Waals surface area contributed by atoms with Crippen LogP contribution in [0.15, 0.2) is 18.2 Å². The number of rotatable bonds is 6. The van der Waals surface area contributed by atoms with E-state index in [1.165, 1.54) is 22.9 Å². The summed E-state index contributed by atoms with van der Waals surface area (Å²) >= 11 is 5.81. The average molecular weight is 381 g/mol. The highest BCUT2D eigenvalue weighted by atomic mass is 35.5. The number of halogens is 2. The summed E-state index contributed by atoms with van der Waals surface area (Å²) in [5, 5.41) is 14.1. The van der Waals surface area contributed by atoms with Gasteiger partial charge in [-0.2, -0.15) is 0 Å². The van der Waals surface area contributed by atoms with Gasteiger partial charge in [0.2, 0.25) is 0 Å². The monoisotopic (exact) mass is 380 g/mol. The SMILES string of the molecule is Cc1c(C(=O)NCCCN2CCNCC2)nnn1-c1ccc(F)c(Cl)c1. The van der Waals surface area contributed by atoms with E-state index in [9.17, 15) is 9.18 Å². The van der Waals surface area contributed by atoms with Crippen LogP contribution < -0.4 is 10.6 Å². The molecule has 3 rings (SSSR count). The molecule has 1 aliphatic rings. The van der Waals surface area contributed by atoms with Gasteiger partial charge in [-0.05, 0) is 38.1 Å². The summed E-state index contributed by atoms with van der Waals surface area (Å²) in [6.07, 6.45) is 0.881. The standard InChI is InChI=1S/C17H22ClFN6O/c1-12-16(17(26)21-5-2-8-24-9-6-20-7-10-24)22-23-25(12)13-3-4-15(19)14(18)11-13/h3-4,11,20H,2,5-10H2,1H3,(H,21,26). The Kier molecular flexibility index (Phi) is 6.18. The predicted molar refractivity (Wildman–Crippen MR) is 97.3 cm³/mol. The number of hydrogen-bond acceptors (Lipinski definition) is 5. The Morgan fingerprint density at radius 2 is 2.15 bits per heavy atom. The highest BCUT2D eigenvalue weighted by Gasteiger charge is 2.18. The van der Waals surface area contributed by atoms with Crippen LogP contribution in [0.25, 0.3) is 5.69 Å². The van der Waals surface area contributed by atoms with Crippen molar-refractivity contribution in [1.82, 2.24) is 30.5 Å². The molecule has 0 unspecified atom stereocenters. The molecule has 9 heteroatoms. The lowest BCUT2D eigenvalue weighted by molar-refractivity contribution is 0.0945. The van der Waals surface area contributed by atoms with E-state index in [0.29, 0.717) is 17.9 Å². The van der Waals surface area contributed by atoms with Gasteiger partial charge in [0.25, 0.3) is 5.91 Å². The first-order chi connectivity index (χ1) is 12.6. The smallest absolute Gasteiger partial charge is 0.273 e. The van der Waals surface area contributed by atoms with Crippen LogP contribution in [0.3, 0.4) is 0 Å². The largest absolute Gasteiger partial charge is 0.351 e. The molecule has 0 radical (unpaired) electrons. The molecule has 7 nitrogen and oxygen atoms in total. The highest BCUT2D eigenvalue weighted by Crippen LogP contribution is 2.20. The van der Waals surface area contributed by atoms with Crippen molar-refractivity contribution in [2.24, 2.45) is 0 Å². The van der Waals surface area contributed by atoms with Gasteiger partial charge in [-0.25, -0.2) is 9.07 Å². The van der Waals surface area contributed by atoms with E-state index in [-0.39, 0.29) is 16.6 Å². The fraction of sp³-hybridized carbons (Fsp3) is 0.471. The van der Waals surface area contributed by atoms with E-state index in [0.717, 1.165) is 39.1 Å². The first-order valence-corrected chi connectivity index (χ1v) is 9.03. The first-order valence-electron chi connectivity index (χ1n) is 8.65. The van der Waals surface area contributed by atoms with Crippen LogP contribution in [-0.2, 0) is 0 Å². The topological polar surface area (TPSA) is 75.1 Å². The van der Waals surface area contributed by atoms with Gasteiger partial charge >= 0.3 is 0 Å². The van der Waals surface area contributed by atoms with E-state index in [2.05, 4.69) is 25.8 Å². The van der Waals surface area contributed by atoms with Crippen LogP contribution in [0, 0.1) is 12.7 Å². The molecule has 1 amide bonds. The van der Waals surface area contributed by atoms with E-state index in [4.69, 9.17) is 11.6 Å². The van der Waals surface area contributed by atoms with E-state index >= 15 is 0 Å². The molecular formula is C17H22ClFN6O. The zero-order valence-electron chi connectivity index (χ0n) is 14.6. The van der Waals surface area contributed by atoms with Crippen molar-refractivity contribution in [3.05, 3.63) is 40.4 Å². The first kappa shape index (κ1) is 18.8. The summed E-state index contributed by atoms with van der Waals surface area (Å²) in [7, 11) is 0. The van der Waals surface area contributed by atoms with Gasteiger partial charge in [-0.1, -0.05) is 16.8 Å². The Morgan fingerprint density at radius 3 is 2.88 bits per heavy atom. The average Bonchev–Trinajstić information content (AvgIpc) is 3.03. The quantitative estimate of drug-likeness (QED) is 0.741. The third-order valence-electron chi connectivity index (χ3n) is 4.40. The summed E-state index contributed by atoms with van der Waals surface area (Å²) < 4.78 is 14.8. The molecule has 1 aromatic carbocycles. The molecule has 0 spiro atoms. The summed E-state index contributed by atoms with van der Waals surface area (Å²) in [5.41, 5.74) is 1.39. The summed E-state index contributed by atoms with van der Waals surface area (Å²) in [4.78, 5) is 14.7. The van der Waals surface area contributed by atoms with Gasteiger partial charge < -0.3 is 15.5 Å². The van der Waals surface area contributed by atoms with Gasteiger partial charge in [0.1, 0.15) is 5.82 Å². The minimum absolute atomic E-state index is 0.00341. The molecule has 0 bridgehead atoms. The Bertz CT molecular complexity index is 775. The minimum atomic E-state index is -0.504. The second-order valence-corrected chi connectivity index (χ2v) is 6.64. The number of nitrogens with zero attached hydrogens (tertiary/aromatic N) is 4. The second kappa shape index (κ2) is 8.57. The minimum Gasteiger partial charge on any atom is -0.351 e. The van der Waals surface area contributed by atoms with Crippen molar-refractivity contribution in [1.29, 1.82) is 0 Å². The van der Waals surface area contributed by atoms with Crippen molar-refractivity contribution in [2.75, 3.05) is 39.3 Å². The third-order valence-corrected chi connectivity index (χ3v) is 4.69. The zero-order valence-corrected chi connectivity index (χ0v) is 15.4. The number of aromatic nitrogens is 3. The number of carbonyl (C=O) groups is 1. The summed E-state index contributed by atoms with van der Waals surface area (Å²) in [6.45, 7) is 7.40. The van der Waals surface area contributed by atoms with Crippen LogP contribution in [-0.4, -0.2) is 65.1 Å². The number of amides is 1. The molecule has 0 atom stereocenters. The van der Waals surface area contributed by atoms with Crippen molar-refractivity contribution in [2.45, 2.75) is 13.3 Å². The molecule has 140 valence electrons. The van der Waals surface area contributed by atoms with E-state index in [1.807, 2.05) is 0 Å². The fourth-order valence-corrected chi connectivity index (χ4v) is 3.10. The summed E-state index contributed by atoms with van der Waals surface area (Å²) in [5.74, 6) is -0.766. The lowest BCUT2D eigenvalue weighted by atomic mass is 10.2. The Balaban J connectivity index is 1.56. The molecule has 0 saturated carbocycles. The number of piperazine rings is 1. The van der Waals surface area contributed by atoms with E-state index in [1.54, 1.807) is 6.92 Å². The second-order valence-electron chi connectivity index (χ2n) is 6.23. The highest BCUT2D eigenvalue weighted by molar-refractivity contribution is 6.30. The molecule has 2 heterocycles. The molecule has 1 saturated heterocycles. The van der Waals surface area contributed by atoms with Gasteiger partial charge in [0.05, 0.1) is 16.4 Å². The van der Waals surface area contributed by atoms with Crippen LogP contribution in [0.2, 0.25) is 5.02 Å². The fourth-order valence-electron chi connectivity index (χ4n) is 2.92. The van der Waals surface area contributed by atoms with Gasteiger partial charge in [0, 0.05) is 32.7 Å². The van der Waals surface area contributed by atoms with Gasteiger partial charge in [-0.15, -0.1) is 5.10 Å². The molecule has 1 fully saturated rings.